The number of unbranched alkanes of at least 4 members (excludes halogenated alkanes) is 4. The van der Waals surface area contributed by atoms with Crippen molar-refractivity contribution in [1.29, 1.82) is 0 Å². The molecule has 0 aliphatic heterocycles. The number of halogens is 1. The van der Waals surface area contributed by atoms with Crippen LogP contribution >= 0.6 is 0 Å². The van der Waals surface area contributed by atoms with Gasteiger partial charge in [0.15, 0.2) is 0 Å². The molecule has 27 heavy (non-hydrogen) atoms. The molecule has 156 valence electrons. The summed E-state index contributed by atoms with van der Waals surface area (Å²) in [7, 11) is 6.51. The number of carbonyl (C=O) groups is 1. The summed E-state index contributed by atoms with van der Waals surface area (Å²) >= 11 is 0. The topological polar surface area (TPSA) is 35.5 Å². The van der Waals surface area contributed by atoms with E-state index in [4.69, 9.17) is 9.47 Å². The molecule has 0 N–H and O–H groups in total. The number of rotatable bonds is 12. The van der Waals surface area contributed by atoms with Gasteiger partial charge in [0.2, 0.25) is 0 Å². The first-order chi connectivity index (χ1) is 12.2. The van der Waals surface area contributed by atoms with Gasteiger partial charge in [-0.15, -0.1) is 0 Å². The van der Waals surface area contributed by atoms with Gasteiger partial charge < -0.3 is 37.9 Å². The fourth-order valence-corrected chi connectivity index (χ4v) is 2.94. The highest BCUT2D eigenvalue weighted by Crippen LogP contribution is 2.25. The zero-order valence-corrected chi connectivity index (χ0v) is 20.2. The van der Waals surface area contributed by atoms with Crippen LogP contribution in [-0.4, -0.2) is 51.4 Å². The van der Waals surface area contributed by atoms with Crippen molar-refractivity contribution in [3.05, 3.63) is 28.8 Å². The van der Waals surface area contributed by atoms with Gasteiger partial charge in [0.1, 0.15) is 5.75 Å². The molecule has 0 unspecified atom stereocenters. The molecule has 0 amide bonds. The highest BCUT2D eigenvalue weighted by molar-refractivity contribution is 5.90. The normalized spacial score (nSPS) is 11.0. The van der Waals surface area contributed by atoms with E-state index in [9.17, 15) is 4.79 Å². The fraction of sp³-hybridized carbons (Fsp3) is 0.682. The Morgan fingerprint density at radius 1 is 0.926 bits per heavy atom. The van der Waals surface area contributed by atoms with Crippen molar-refractivity contribution < 1.29 is 42.7 Å². The number of ether oxygens (including phenoxy) is 2. The van der Waals surface area contributed by atoms with Gasteiger partial charge in [-0.1, -0.05) is 26.2 Å². The number of carbonyl (C=O) groups excluding carboxylic acids is 1. The van der Waals surface area contributed by atoms with E-state index < -0.39 is 0 Å². The molecule has 0 aliphatic carbocycles. The van der Waals surface area contributed by atoms with E-state index >= 15 is 0 Å². The van der Waals surface area contributed by atoms with Gasteiger partial charge in [0, 0.05) is 0 Å². The lowest BCUT2D eigenvalue weighted by molar-refractivity contribution is -0.870. The van der Waals surface area contributed by atoms with Crippen molar-refractivity contribution in [2.75, 3.05) is 40.9 Å². The lowest BCUT2D eigenvalue weighted by atomic mass is 10.1. The molecule has 0 aliphatic rings. The maximum Gasteiger partial charge on any atom is 0.338 e. The number of benzene rings is 1. The van der Waals surface area contributed by atoms with Crippen LogP contribution in [0.2, 0.25) is 0 Å². The van der Waals surface area contributed by atoms with Gasteiger partial charge in [-0.05, 0) is 56.4 Å². The quantitative estimate of drug-likeness (QED) is 0.194. The molecule has 5 heteroatoms. The van der Waals surface area contributed by atoms with E-state index in [1.807, 2.05) is 26.0 Å². The van der Waals surface area contributed by atoms with Crippen LogP contribution in [0.3, 0.4) is 0 Å². The Morgan fingerprint density at radius 2 is 1.52 bits per heavy atom. The van der Waals surface area contributed by atoms with E-state index in [0.717, 1.165) is 53.8 Å². The molecule has 0 heterocycles. The average molecular weight is 491 g/mol. The highest BCUT2D eigenvalue weighted by atomic mass is 127. The number of aryl methyl sites for hydroxylation is 2. The van der Waals surface area contributed by atoms with Crippen LogP contribution in [0.1, 0.15) is 66.9 Å². The second kappa shape index (κ2) is 13.4. The molecule has 0 aromatic heterocycles. The van der Waals surface area contributed by atoms with Gasteiger partial charge in [-0.25, -0.2) is 4.79 Å². The Hall–Kier alpha value is -0.820. The maximum absolute atomic E-state index is 12.3. The van der Waals surface area contributed by atoms with Crippen LogP contribution < -0.4 is 28.7 Å². The maximum atomic E-state index is 12.3. The standard InChI is InChI=1S/C22H38NO3.HI/c1-7-8-9-11-14-25-21-18(2)16-20(17-19(21)3)22(24)26-15-12-10-13-23(4,5)6;/h16-17H,7-15H2,1-6H3;1H/q+1;/p-1. The fourth-order valence-electron chi connectivity index (χ4n) is 2.94. The van der Waals surface area contributed by atoms with Crippen molar-refractivity contribution in [3.8, 4) is 5.75 Å². The van der Waals surface area contributed by atoms with Crippen molar-refractivity contribution >= 4 is 5.97 Å². The Bertz CT molecular complexity index is 544. The molecule has 4 nitrogen and oxygen atoms in total. The van der Waals surface area contributed by atoms with Gasteiger partial charge in [-0.2, -0.15) is 0 Å². The second-order valence-electron chi connectivity index (χ2n) is 8.21. The molecule has 0 atom stereocenters. The van der Waals surface area contributed by atoms with Crippen LogP contribution in [0.4, 0.5) is 0 Å². The van der Waals surface area contributed by atoms with Crippen molar-refractivity contribution in [2.45, 2.75) is 59.3 Å². The number of quaternary nitrogens is 1. The number of hydrogen-bond donors (Lipinski definition) is 0. The first kappa shape index (κ1) is 26.2. The number of hydrogen-bond acceptors (Lipinski definition) is 3. The first-order valence-corrected chi connectivity index (χ1v) is 9.96. The molecular weight excluding hydrogens is 453 g/mol. The second-order valence-corrected chi connectivity index (χ2v) is 8.21. The molecule has 0 saturated heterocycles. The van der Waals surface area contributed by atoms with Gasteiger partial charge in [-0.3, -0.25) is 0 Å². The predicted octanol–water partition coefficient (Wildman–Crippen LogP) is 1.91. The van der Waals surface area contributed by atoms with E-state index in [1.54, 1.807) is 0 Å². The summed E-state index contributed by atoms with van der Waals surface area (Å²) in [6.07, 6.45) is 6.71. The molecule has 0 fully saturated rings. The minimum atomic E-state index is -0.240. The molecule has 0 saturated carbocycles. The van der Waals surface area contributed by atoms with Crippen LogP contribution in [0.25, 0.3) is 0 Å². The first-order valence-electron chi connectivity index (χ1n) is 9.96. The third kappa shape index (κ3) is 10.9. The van der Waals surface area contributed by atoms with Crippen molar-refractivity contribution in [1.82, 2.24) is 0 Å². The summed E-state index contributed by atoms with van der Waals surface area (Å²) < 4.78 is 12.3. The van der Waals surface area contributed by atoms with Crippen LogP contribution in [-0.2, 0) is 4.74 Å². The largest absolute Gasteiger partial charge is 1.00 e. The zero-order valence-electron chi connectivity index (χ0n) is 18.1. The minimum Gasteiger partial charge on any atom is -1.00 e. The molecule has 1 rings (SSSR count). The molecule has 0 bridgehead atoms. The van der Waals surface area contributed by atoms with Crippen LogP contribution in [0.5, 0.6) is 5.75 Å². The van der Waals surface area contributed by atoms with Crippen molar-refractivity contribution in [3.63, 3.8) is 0 Å². The van der Waals surface area contributed by atoms with E-state index in [2.05, 4.69) is 28.1 Å². The zero-order chi connectivity index (χ0) is 19.6. The molecule has 1 aromatic rings. The van der Waals surface area contributed by atoms with Gasteiger partial charge >= 0.3 is 5.97 Å². The van der Waals surface area contributed by atoms with Crippen molar-refractivity contribution in [2.24, 2.45) is 0 Å². The third-order valence-electron chi connectivity index (χ3n) is 4.40. The SMILES string of the molecule is CCCCCCOc1c(C)cc(C(=O)OCCCC[N+](C)(C)C)cc1C.[I-]. The summed E-state index contributed by atoms with van der Waals surface area (Å²) in [5.41, 5.74) is 2.61. The third-order valence-corrected chi connectivity index (χ3v) is 4.40. The smallest absolute Gasteiger partial charge is 0.338 e. The highest BCUT2D eigenvalue weighted by Gasteiger charge is 2.13. The molecule has 0 radical (unpaired) electrons. The van der Waals surface area contributed by atoms with Crippen LogP contribution in [0, 0.1) is 13.8 Å². The molecule has 1 aromatic carbocycles. The summed E-state index contributed by atoms with van der Waals surface area (Å²) in [5, 5.41) is 0. The summed E-state index contributed by atoms with van der Waals surface area (Å²) in [6.45, 7) is 8.49. The average Bonchev–Trinajstić information content (AvgIpc) is 2.55. The number of esters is 1. The van der Waals surface area contributed by atoms with E-state index in [1.165, 1.54) is 19.3 Å². The lowest BCUT2D eigenvalue weighted by Crippen LogP contribution is -3.00. The van der Waals surface area contributed by atoms with Gasteiger partial charge in [0.05, 0.1) is 46.5 Å². The predicted molar refractivity (Wildman–Crippen MR) is 108 cm³/mol. The summed E-state index contributed by atoms with van der Waals surface area (Å²) in [5.74, 6) is 0.664. The Kier molecular flexibility index (Phi) is 13.0. The molecule has 0 spiro atoms. The summed E-state index contributed by atoms with van der Waals surface area (Å²) in [6, 6.07) is 3.76. The Morgan fingerprint density at radius 3 is 2.07 bits per heavy atom. The summed E-state index contributed by atoms with van der Waals surface area (Å²) in [4.78, 5) is 12.3. The Labute approximate surface area is 183 Å². The molecular formula is C22H38INO3. The van der Waals surface area contributed by atoms with Gasteiger partial charge in [0.25, 0.3) is 0 Å². The van der Waals surface area contributed by atoms with E-state index in [0.29, 0.717) is 12.2 Å². The van der Waals surface area contributed by atoms with Crippen LogP contribution in [0.15, 0.2) is 12.1 Å². The monoisotopic (exact) mass is 491 g/mol. The minimum absolute atomic E-state index is 0. The Balaban J connectivity index is 0.00000676. The number of nitrogens with zero attached hydrogens (tertiary/aromatic N) is 1. The van der Waals surface area contributed by atoms with E-state index in [-0.39, 0.29) is 29.9 Å². The lowest BCUT2D eigenvalue weighted by Gasteiger charge is -2.23.